The smallest absolute Gasteiger partial charge is 0.307 e. The van der Waals surface area contributed by atoms with Gasteiger partial charge in [-0.2, -0.15) is 0 Å². The third kappa shape index (κ3) is 4.00. The monoisotopic (exact) mass is 243 g/mol. The molecule has 0 spiro atoms. The fourth-order valence-electron chi connectivity index (χ4n) is 2.26. The maximum absolute atomic E-state index is 11.9. The van der Waals surface area contributed by atoms with Crippen LogP contribution in [-0.4, -0.2) is 36.2 Å². The number of aliphatic carboxylic acids is 1. The van der Waals surface area contributed by atoms with Crippen molar-refractivity contribution in [1.29, 1.82) is 0 Å². The van der Waals surface area contributed by atoms with Crippen LogP contribution in [0.1, 0.15) is 33.1 Å². The summed E-state index contributed by atoms with van der Waals surface area (Å²) in [5.41, 5.74) is 0. The molecule has 1 aliphatic rings. The summed E-state index contributed by atoms with van der Waals surface area (Å²) in [6, 6.07) is -0.0718. The lowest BCUT2D eigenvalue weighted by Gasteiger charge is -2.19. The molecule has 0 radical (unpaired) electrons. The number of ether oxygens (including phenoxy) is 1. The number of hydrogen-bond donors (Lipinski definition) is 2. The highest BCUT2D eigenvalue weighted by atomic mass is 16.5. The number of amides is 1. The highest BCUT2D eigenvalue weighted by Gasteiger charge is 2.37. The van der Waals surface area contributed by atoms with Crippen molar-refractivity contribution in [3.05, 3.63) is 0 Å². The lowest BCUT2D eigenvalue weighted by Crippen LogP contribution is -2.42. The number of carbonyl (C=O) groups excluding carboxylic acids is 1. The second-order valence-electron chi connectivity index (χ2n) is 4.55. The Hall–Kier alpha value is -1.10. The van der Waals surface area contributed by atoms with Crippen LogP contribution < -0.4 is 5.32 Å². The SMILES string of the molecule is CCOCC(C)NC(=O)[C@@H]1CCC[C@@H]1C(=O)O. The molecule has 1 amide bonds. The molecule has 2 N–H and O–H groups in total. The predicted molar refractivity (Wildman–Crippen MR) is 62.6 cm³/mol. The molecule has 0 saturated heterocycles. The van der Waals surface area contributed by atoms with E-state index in [0.717, 1.165) is 6.42 Å². The molecule has 1 fully saturated rings. The predicted octanol–water partition coefficient (Wildman–Crippen LogP) is 1.03. The molecule has 3 atom stereocenters. The molecular weight excluding hydrogens is 222 g/mol. The van der Waals surface area contributed by atoms with E-state index < -0.39 is 11.9 Å². The minimum Gasteiger partial charge on any atom is -0.481 e. The lowest BCUT2D eigenvalue weighted by molar-refractivity contribution is -0.146. The van der Waals surface area contributed by atoms with Crippen molar-refractivity contribution in [2.45, 2.75) is 39.2 Å². The Labute approximate surface area is 102 Å². The average Bonchev–Trinajstić information content (AvgIpc) is 2.75. The van der Waals surface area contributed by atoms with Gasteiger partial charge in [0.25, 0.3) is 0 Å². The Balaban J connectivity index is 2.43. The van der Waals surface area contributed by atoms with Crippen LogP contribution in [0.4, 0.5) is 0 Å². The maximum atomic E-state index is 11.9. The second-order valence-corrected chi connectivity index (χ2v) is 4.55. The zero-order valence-corrected chi connectivity index (χ0v) is 10.4. The quantitative estimate of drug-likeness (QED) is 0.730. The third-order valence-electron chi connectivity index (χ3n) is 3.13. The van der Waals surface area contributed by atoms with Gasteiger partial charge in [0.15, 0.2) is 0 Å². The van der Waals surface area contributed by atoms with Crippen LogP contribution >= 0.6 is 0 Å². The molecule has 0 heterocycles. The van der Waals surface area contributed by atoms with E-state index >= 15 is 0 Å². The van der Waals surface area contributed by atoms with E-state index in [9.17, 15) is 9.59 Å². The highest BCUT2D eigenvalue weighted by molar-refractivity contribution is 5.85. The molecule has 1 aliphatic carbocycles. The molecular formula is C12H21NO4. The van der Waals surface area contributed by atoms with Gasteiger partial charge < -0.3 is 15.2 Å². The Morgan fingerprint density at radius 3 is 2.65 bits per heavy atom. The van der Waals surface area contributed by atoms with Crippen LogP contribution in [0.5, 0.6) is 0 Å². The van der Waals surface area contributed by atoms with E-state index in [0.29, 0.717) is 26.1 Å². The van der Waals surface area contributed by atoms with Crippen molar-refractivity contribution in [2.24, 2.45) is 11.8 Å². The van der Waals surface area contributed by atoms with Crippen molar-refractivity contribution in [3.8, 4) is 0 Å². The molecule has 1 unspecified atom stereocenters. The van der Waals surface area contributed by atoms with Crippen LogP contribution in [0.3, 0.4) is 0 Å². The average molecular weight is 243 g/mol. The summed E-state index contributed by atoms with van der Waals surface area (Å²) in [6.07, 6.45) is 2.09. The molecule has 98 valence electrons. The van der Waals surface area contributed by atoms with Crippen molar-refractivity contribution >= 4 is 11.9 Å². The van der Waals surface area contributed by atoms with Gasteiger partial charge in [-0.25, -0.2) is 0 Å². The number of nitrogens with one attached hydrogen (secondary N) is 1. The molecule has 1 saturated carbocycles. The first-order chi connectivity index (χ1) is 8.06. The first kappa shape index (κ1) is 14.0. The summed E-state index contributed by atoms with van der Waals surface area (Å²) in [7, 11) is 0. The first-order valence-electron chi connectivity index (χ1n) is 6.17. The highest BCUT2D eigenvalue weighted by Crippen LogP contribution is 2.32. The summed E-state index contributed by atoms with van der Waals surface area (Å²) in [5.74, 6) is -1.91. The van der Waals surface area contributed by atoms with Gasteiger partial charge in [0.2, 0.25) is 5.91 Å². The van der Waals surface area contributed by atoms with Crippen LogP contribution in [0.25, 0.3) is 0 Å². The summed E-state index contributed by atoms with van der Waals surface area (Å²) in [6.45, 7) is 4.83. The molecule has 0 aliphatic heterocycles. The molecule has 0 aromatic rings. The van der Waals surface area contributed by atoms with E-state index in [1.165, 1.54) is 0 Å². The van der Waals surface area contributed by atoms with Crippen molar-refractivity contribution in [2.75, 3.05) is 13.2 Å². The number of rotatable bonds is 6. The van der Waals surface area contributed by atoms with Crippen molar-refractivity contribution in [3.63, 3.8) is 0 Å². The topological polar surface area (TPSA) is 75.6 Å². The zero-order valence-electron chi connectivity index (χ0n) is 10.4. The summed E-state index contributed by atoms with van der Waals surface area (Å²) in [5, 5.41) is 11.8. The Kier molecular flexibility index (Phi) is 5.41. The molecule has 17 heavy (non-hydrogen) atoms. The summed E-state index contributed by atoms with van der Waals surface area (Å²) >= 11 is 0. The Morgan fingerprint density at radius 1 is 1.41 bits per heavy atom. The fraction of sp³-hybridized carbons (Fsp3) is 0.833. The fourth-order valence-corrected chi connectivity index (χ4v) is 2.26. The Bertz CT molecular complexity index is 280. The maximum Gasteiger partial charge on any atom is 0.307 e. The van der Waals surface area contributed by atoms with E-state index in [1.807, 2.05) is 13.8 Å². The molecule has 0 aromatic carbocycles. The normalized spacial score (nSPS) is 25.5. The molecule has 5 heteroatoms. The molecule has 5 nitrogen and oxygen atoms in total. The van der Waals surface area contributed by atoms with Gasteiger partial charge in [0, 0.05) is 12.6 Å². The largest absolute Gasteiger partial charge is 0.481 e. The summed E-state index contributed by atoms with van der Waals surface area (Å²) < 4.78 is 5.20. The van der Waals surface area contributed by atoms with Crippen molar-refractivity contribution < 1.29 is 19.4 Å². The van der Waals surface area contributed by atoms with E-state index in [4.69, 9.17) is 9.84 Å². The first-order valence-corrected chi connectivity index (χ1v) is 6.17. The van der Waals surface area contributed by atoms with Gasteiger partial charge in [0.05, 0.1) is 18.4 Å². The minimum absolute atomic E-state index is 0.0718. The molecule has 0 bridgehead atoms. The van der Waals surface area contributed by atoms with Crippen molar-refractivity contribution in [1.82, 2.24) is 5.32 Å². The third-order valence-corrected chi connectivity index (χ3v) is 3.13. The number of hydrogen-bond acceptors (Lipinski definition) is 3. The number of carboxylic acid groups (broad SMARTS) is 1. The van der Waals surface area contributed by atoms with Gasteiger partial charge in [0.1, 0.15) is 0 Å². The van der Waals surface area contributed by atoms with Crippen LogP contribution in [0.2, 0.25) is 0 Å². The standard InChI is InChI=1S/C12H21NO4/c1-3-17-7-8(2)13-11(14)9-5-4-6-10(9)12(15)16/h8-10H,3-7H2,1-2H3,(H,13,14)(H,15,16)/t8?,9-,10+/m1/s1. The summed E-state index contributed by atoms with van der Waals surface area (Å²) in [4.78, 5) is 22.9. The zero-order chi connectivity index (χ0) is 12.8. The minimum atomic E-state index is -0.861. The second kappa shape index (κ2) is 6.59. The molecule has 0 aromatic heterocycles. The lowest BCUT2D eigenvalue weighted by atomic mass is 9.95. The van der Waals surface area contributed by atoms with E-state index in [-0.39, 0.29) is 17.9 Å². The van der Waals surface area contributed by atoms with E-state index in [2.05, 4.69) is 5.32 Å². The van der Waals surface area contributed by atoms with Gasteiger partial charge in [-0.05, 0) is 26.7 Å². The molecule has 1 rings (SSSR count). The van der Waals surface area contributed by atoms with Gasteiger partial charge >= 0.3 is 5.97 Å². The van der Waals surface area contributed by atoms with E-state index in [1.54, 1.807) is 0 Å². The Morgan fingerprint density at radius 2 is 2.06 bits per heavy atom. The number of carboxylic acids is 1. The van der Waals surface area contributed by atoms with Crippen LogP contribution in [0, 0.1) is 11.8 Å². The van der Waals surface area contributed by atoms with Crippen LogP contribution in [-0.2, 0) is 14.3 Å². The van der Waals surface area contributed by atoms with Gasteiger partial charge in [-0.1, -0.05) is 6.42 Å². The van der Waals surface area contributed by atoms with Gasteiger partial charge in [-0.15, -0.1) is 0 Å². The number of carbonyl (C=O) groups is 2. The van der Waals surface area contributed by atoms with Gasteiger partial charge in [-0.3, -0.25) is 9.59 Å². The van der Waals surface area contributed by atoms with Crippen LogP contribution in [0.15, 0.2) is 0 Å².